The Bertz CT molecular complexity index is 442. The molecule has 0 atom stereocenters. The second kappa shape index (κ2) is 3.48. The molecule has 0 aliphatic carbocycles. The first-order valence-electron chi connectivity index (χ1n) is 3.95. The molecule has 1 aromatic rings. The van der Waals surface area contributed by atoms with Crippen LogP contribution in [0.1, 0.15) is 26.3 Å². The summed E-state index contributed by atoms with van der Waals surface area (Å²) in [5, 5.41) is 5.09. The van der Waals surface area contributed by atoms with Crippen LogP contribution < -0.4 is 5.14 Å². The maximum atomic E-state index is 11.2. The minimum Gasteiger partial charge on any atom is -0.224 e. The van der Waals surface area contributed by atoms with Gasteiger partial charge in [0.15, 0.2) is 0 Å². The van der Waals surface area contributed by atoms with Crippen LogP contribution >= 0.6 is 22.9 Å². The van der Waals surface area contributed by atoms with Gasteiger partial charge in [0.1, 0.15) is 4.21 Å². The lowest BCUT2D eigenvalue weighted by molar-refractivity contribution is 0.568. The van der Waals surface area contributed by atoms with Gasteiger partial charge in [0.25, 0.3) is 0 Å². The highest BCUT2D eigenvalue weighted by Gasteiger charge is 2.26. The van der Waals surface area contributed by atoms with Gasteiger partial charge in [-0.05, 0) is 17.0 Å². The molecule has 1 heterocycles. The Morgan fingerprint density at radius 1 is 1.43 bits per heavy atom. The molecule has 3 nitrogen and oxygen atoms in total. The number of hydrogen-bond acceptors (Lipinski definition) is 3. The first-order chi connectivity index (χ1) is 6.12. The number of primary sulfonamides is 1. The molecule has 1 rings (SSSR count). The number of halogens is 1. The lowest BCUT2D eigenvalue weighted by Gasteiger charge is -2.18. The van der Waals surface area contributed by atoms with Gasteiger partial charge in [-0.25, -0.2) is 13.6 Å². The molecule has 0 bridgehead atoms. The number of hydrogen-bond donors (Lipinski definition) is 1. The fraction of sp³-hybridized carbons (Fsp3) is 0.500. The van der Waals surface area contributed by atoms with Crippen molar-refractivity contribution in [1.82, 2.24) is 0 Å². The van der Waals surface area contributed by atoms with Crippen LogP contribution in [0, 0.1) is 0 Å². The molecular formula is C8H12ClNO2S2. The first-order valence-corrected chi connectivity index (χ1v) is 6.69. The third-order valence-corrected chi connectivity index (χ3v) is 4.48. The predicted octanol–water partition coefficient (Wildman–Crippen LogP) is 2.35. The van der Waals surface area contributed by atoms with Crippen molar-refractivity contribution in [3.63, 3.8) is 0 Å². The molecular weight excluding hydrogens is 242 g/mol. The largest absolute Gasteiger partial charge is 0.247 e. The number of nitrogens with two attached hydrogens (primary N) is 1. The smallest absolute Gasteiger partial charge is 0.224 e. The normalized spacial score (nSPS) is 13.2. The third kappa shape index (κ3) is 2.48. The lowest BCUT2D eigenvalue weighted by atomic mass is 9.89. The fourth-order valence-corrected chi connectivity index (χ4v) is 3.79. The van der Waals surface area contributed by atoms with Crippen LogP contribution in [-0.2, 0) is 15.4 Å². The van der Waals surface area contributed by atoms with E-state index in [0.29, 0.717) is 9.90 Å². The summed E-state index contributed by atoms with van der Waals surface area (Å²) in [5.41, 5.74) is 0.404. The van der Waals surface area contributed by atoms with E-state index >= 15 is 0 Å². The molecule has 2 N–H and O–H groups in total. The summed E-state index contributed by atoms with van der Waals surface area (Å²) in [6, 6.07) is 1.66. The standard InChI is InChI=1S/C8H12ClNO2S2/c1-8(2,3)5-4-6(9)13-7(5)14(10,11)12/h4H,1-3H3,(H2,10,11,12). The van der Waals surface area contributed by atoms with Gasteiger partial charge in [0, 0.05) is 0 Å². The van der Waals surface area contributed by atoms with Crippen molar-refractivity contribution in [3.05, 3.63) is 16.0 Å². The van der Waals surface area contributed by atoms with Gasteiger partial charge in [-0.15, -0.1) is 11.3 Å². The maximum absolute atomic E-state index is 11.2. The molecule has 0 aliphatic rings. The second-order valence-electron chi connectivity index (χ2n) is 4.05. The van der Waals surface area contributed by atoms with Crippen LogP contribution in [0.4, 0.5) is 0 Å². The van der Waals surface area contributed by atoms with Gasteiger partial charge < -0.3 is 0 Å². The van der Waals surface area contributed by atoms with Crippen LogP contribution in [0.25, 0.3) is 0 Å². The fourth-order valence-electron chi connectivity index (χ4n) is 1.08. The Balaban J connectivity index is 3.46. The van der Waals surface area contributed by atoms with E-state index in [9.17, 15) is 8.42 Å². The van der Waals surface area contributed by atoms with Gasteiger partial charge in [0.05, 0.1) is 4.34 Å². The van der Waals surface area contributed by atoms with Crippen molar-refractivity contribution in [2.45, 2.75) is 30.4 Å². The maximum Gasteiger partial charge on any atom is 0.247 e. The average molecular weight is 254 g/mol. The van der Waals surface area contributed by atoms with Crippen molar-refractivity contribution < 1.29 is 8.42 Å². The Hall–Kier alpha value is -0.100. The van der Waals surface area contributed by atoms with Crippen molar-refractivity contribution in [1.29, 1.82) is 0 Å². The zero-order valence-corrected chi connectivity index (χ0v) is 10.6. The highest BCUT2D eigenvalue weighted by molar-refractivity contribution is 7.91. The predicted molar refractivity (Wildman–Crippen MR) is 59.4 cm³/mol. The molecule has 0 fully saturated rings. The number of thiophene rings is 1. The summed E-state index contributed by atoms with van der Waals surface area (Å²) < 4.78 is 23.1. The molecule has 14 heavy (non-hydrogen) atoms. The van der Waals surface area contributed by atoms with Crippen molar-refractivity contribution in [2.24, 2.45) is 5.14 Å². The highest BCUT2D eigenvalue weighted by Crippen LogP contribution is 2.37. The van der Waals surface area contributed by atoms with Crippen LogP contribution in [0.15, 0.2) is 10.3 Å². The Labute approximate surface area is 92.9 Å². The van der Waals surface area contributed by atoms with Gasteiger partial charge in [-0.1, -0.05) is 32.4 Å². The zero-order valence-electron chi connectivity index (χ0n) is 8.17. The highest BCUT2D eigenvalue weighted by atomic mass is 35.5. The Morgan fingerprint density at radius 3 is 2.21 bits per heavy atom. The van der Waals surface area contributed by atoms with E-state index in [1.165, 1.54) is 0 Å². The van der Waals surface area contributed by atoms with E-state index in [0.717, 1.165) is 11.3 Å². The topological polar surface area (TPSA) is 60.2 Å². The molecule has 0 spiro atoms. The molecule has 0 saturated heterocycles. The van der Waals surface area contributed by atoms with Crippen molar-refractivity contribution in [3.8, 4) is 0 Å². The van der Waals surface area contributed by atoms with E-state index in [2.05, 4.69) is 0 Å². The molecule has 0 amide bonds. The second-order valence-corrected chi connectivity index (χ2v) is 7.49. The molecule has 0 aliphatic heterocycles. The van der Waals surface area contributed by atoms with Crippen LogP contribution in [0.5, 0.6) is 0 Å². The van der Waals surface area contributed by atoms with Crippen molar-refractivity contribution in [2.75, 3.05) is 0 Å². The van der Waals surface area contributed by atoms with Gasteiger partial charge in [0.2, 0.25) is 10.0 Å². The SMILES string of the molecule is CC(C)(C)c1cc(Cl)sc1S(N)(=O)=O. The molecule has 0 saturated carbocycles. The van der Waals surface area contributed by atoms with Gasteiger partial charge >= 0.3 is 0 Å². The van der Waals surface area contributed by atoms with E-state index < -0.39 is 10.0 Å². The summed E-state index contributed by atoms with van der Waals surface area (Å²) in [6.45, 7) is 5.75. The molecule has 0 unspecified atom stereocenters. The van der Waals surface area contributed by atoms with Crippen LogP contribution in [0.2, 0.25) is 4.34 Å². The van der Waals surface area contributed by atoms with E-state index in [1.54, 1.807) is 6.07 Å². The minimum absolute atomic E-state index is 0.162. The summed E-state index contributed by atoms with van der Waals surface area (Å²) in [7, 11) is -3.66. The monoisotopic (exact) mass is 253 g/mol. The molecule has 1 aromatic heterocycles. The molecule has 0 radical (unpaired) electrons. The van der Waals surface area contributed by atoms with E-state index in [1.807, 2.05) is 20.8 Å². The molecule has 0 aromatic carbocycles. The zero-order chi connectivity index (χ0) is 11.1. The van der Waals surface area contributed by atoms with Crippen molar-refractivity contribution >= 4 is 33.0 Å². The van der Waals surface area contributed by atoms with Crippen LogP contribution in [0.3, 0.4) is 0 Å². The minimum atomic E-state index is -3.66. The molecule has 6 heteroatoms. The van der Waals surface area contributed by atoms with Gasteiger partial charge in [-0.3, -0.25) is 0 Å². The summed E-state index contributed by atoms with van der Waals surface area (Å²) in [6.07, 6.45) is 0. The quantitative estimate of drug-likeness (QED) is 0.835. The van der Waals surface area contributed by atoms with Gasteiger partial charge in [-0.2, -0.15) is 0 Å². The average Bonchev–Trinajstić information content (AvgIpc) is 2.27. The van der Waals surface area contributed by atoms with E-state index in [-0.39, 0.29) is 9.62 Å². The Kier molecular flexibility index (Phi) is 2.98. The Morgan fingerprint density at radius 2 is 1.93 bits per heavy atom. The lowest BCUT2D eigenvalue weighted by Crippen LogP contribution is -2.18. The third-order valence-electron chi connectivity index (χ3n) is 1.73. The number of sulfonamides is 1. The summed E-state index contributed by atoms with van der Waals surface area (Å²) >= 11 is 6.78. The summed E-state index contributed by atoms with van der Waals surface area (Å²) in [4.78, 5) is 0. The van der Waals surface area contributed by atoms with Crippen LogP contribution in [-0.4, -0.2) is 8.42 Å². The van der Waals surface area contributed by atoms with E-state index in [4.69, 9.17) is 16.7 Å². The first kappa shape index (κ1) is 12.0. The summed E-state index contributed by atoms with van der Waals surface area (Å²) in [5.74, 6) is 0. The number of rotatable bonds is 1. The molecule has 80 valence electrons.